The van der Waals surface area contributed by atoms with Crippen molar-refractivity contribution in [2.75, 3.05) is 5.88 Å². The van der Waals surface area contributed by atoms with E-state index in [9.17, 15) is 8.42 Å². The number of rotatable bonds is 0. The van der Waals surface area contributed by atoms with Gasteiger partial charge in [-0.05, 0) is 0 Å². The molecule has 7 heteroatoms. The van der Waals surface area contributed by atoms with Crippen molar-refractivity contribution in [3.8, 4) is 0 Å². The van der Waals surface area contributed by atoms with Gasteiger partial charge in [-0.2, -0.15) is 5.10 Å². The molecule has 0 aliphatic carbocycles. The first-order valence-electron chi connectivity index (χ1n) is 2.07. The molecule has 0 atom stereocenters. The molecule has 52 valence electrons. The van der Waals surface area contributed by atoms with Crippen molar-refractivity contribution in [3.05, 3.63) is 0 Å². The molecule has 0 saturated heterocycles. The molecule has 0 amide bonds. The molecule has 1 aliphatic heterocycles. The lowest BCUT2D eigenvalue weighted by atomic mass is 11.5. The Labute approximate surface area is 56.7 Å². The van der Waals surface area contributed by atoms with Crippen LogP contribution in [0.25, 0.3) is 0 Å². The summed E-state index contributed by atoms with van der Waals surface area (Å²) in [4.78, 5) is 0. The fourth-order valence-electron chi connectivity index (χ4n) is 0.369. The minimum absolute atomic E-state index is 0.0394. The molecule has 5 nitrogen and oxygen atoms in total. The van der Waals surface area contributed by atoms with Gasteiger partial charge >= 0.3 is 0 Å². The molecule has 0 bridgehead atoms. The average Bonchev–Trinajstić information content (AvgIpc) is 2.08. The van der Waals surface area contributed by atoms with Crippen molar-refractivity contribution in [1.29, 1.82) is 0 Å². The van der Waals surface area contributed by atoms with Crippen LogP contribution in [0.4, 0.5) is 0 Å². The Balaban J connectivity index is 2.87. The fraction of sp³-hybridized carbons (Fsp3) is 0.500. The molecule has 1 aliphatic rings. The topological polar surface area (TPSA) is 84.6 Å². The molecular weight excluding hydrogens is 162 g/mol. The molecule has 0 spiro atoms. The van der Waals surface area contributed by atoms with Crippen LogP contribution in [0.15, 0.2) is 5.10 Å². The van der Waals surface area contributed by atoms with E-state index < -0.39 is 10.0 Å². The zero-order valence-corrected chi connectivity index (χ0v) is 6.00. The Morgan fingerprint density at radius 2 is 2.44 bits per heavy atom. The first kappa shape index (κ1) is 6.84. The average molecular weight is 167 g/mol. The molecule has 0 aromatic rings. The van der Waals surface area contributed by atoms with Gasteiger partial charge in [0, 0.05) is 0 Å². The van der Waals surface area contributed by atoms with Crippen LogP contribution in [0.1, 0.15) is 0 Å². The normalized spacial score (nSPS) is 19.0. The number of nitrogens with one attached hydrogen (secondary N) is 1. The predicted octanol–water partition coefficient (Wildman–Crippen LogP) is -1.16. The standard InChI is InChI=1S/C2H5N3O2S2/c3-9(6,7)2-5-4-1-8-2/h4H,1H2,(H2,3,6,7). The van der Waals surface area contributed by atoms with Crippen LogP contribution in [-0.4, -0.2) is 18.7 Å². The Kier molecular flexibility index (Phi) is 1.64. The maximum atomic E-state index is 10.4. The highest BCUT2D eigenvalue weighted by Gasteiger charge is 2.18. The first-order chi connectivity index (χ1) is 4.11. The smallest absolute Gasteiger partial charge is 0.263 e. The van der Waals surface area contributed by atoms with E-state index in [0.717, 1.165) is 11.8 Å². The first-order valence-corrected chi connectivity index (χ1v) is 4.60. The third kappa shape index (κ3) is 1.57. The maximum Gasteiger partial charge on any atom is 0.263 e. The van der Waals surface area contributed by atoms with Gasteiger partial charge in [-0.15, -0.1) is 0 Å². The van der Waals surface area contributed by atoms with E-state index in [-0.39, 0.29) is 4.38 Å². The van der Waals surface area contributed by atoms with E-state index in [1.54, 1.807) is 0 Å². The molecule has 1 rings (SSSR count). The molecule has 1 heterocycles. The SMILES string of the molecule is NS(=O)(=O)C1=NNCS1. The monoisotopic (exact) mass is 167 g/mol. The van der Waals surface area contributed by atoms with Crippen LogP contribution in [0.5, 0.6) is 0 Å². The highest BCUT2D eigenvalue weighted by Crippen LogP contribution is 2.10. The quantitative estimate of drug-likeness (QED) is 0.476. The minimum Gasteiger partial charge on any atom is -0.298 e. The van der Waals surface area contributed by atoms with Crippen LogP contribution >= 0.6 is 11.8 Å². The summed E-state index contributed by atoms with van der Waals surface area (Å²) in [6, 6.07) is 0. The zero-order chi connectivity index (χ0) is 6.91. The number of hydrogen-bond acceptors (Lipinski definition) is 5. The fourth-order valence-corrected chi connectivity index (χ4v) is 1.78. The van der Waals surface area contributed by atoms with Crippen molar-refractivity contribution in [2.45, 2.75) is 0 Å². The second-order valence-electron chi connectivity index (χ2n) is 1.37. The van der Waals surface area contributed by atoms with E-state index in [4.69, 9.17) is 5.14 Å². The molecule has 0 radical (unpaired) electrons. The largest absolute Gasteiger partial charge is 0.298 e. The van der Waals surface area contributed by atoms with Crippen LogP contribution in [0.2, 0.25) is 0 Å². The number of nitrogens with zero attached hydrogens (tertiary/aromatic N) is 1. The van der Waals surface area contributed by atoms with Crippen LogP contribution in [-0.2, 0) is 10.0 Å². The lowest BCUT2D eigenvalue weighted by Gasteiger charge is -1.88. The molecule has 0 saturated carbocycles. The summed E-state index contributed by atoms with van der Waals surface area (Å²) in [5.41, 5.74) is 2.47. The lowest BCUT2D eigenvalue weighted by molar-refractivity contribution is 0.609. The Morgan fingerprint density at radius 3 is 2.67 bits per heavy atom. The van der Waals surface area contributed by atoms with E-state index >= 15 is 0 Å². The van der Waals surface area contributed by atoms with Gasteiger partial charge < -0.3 is 0 Å². The van der Waals surface area contributed by atoms with E-state index in [0.29, 0.717) is 5.88 Å². The van der Waals surface area contributed by atoms with Gasteiger partial charge in [0.2, 0.25) is 4.38 Å². The number of nitrogens with two attached hydrogens (primary N) is 1. The molecule has 3 N–H and O–H groups in total. The number of hydrazone groups is 1. The maximum absolute atomic E-state index is 10.4. The zero-order valence-electron chi connectivity index (χ0n) is 4.36. The van der Waals surface area contributed by atoms with E-state index in [1.165, 1.54) is 0 Å². The third-order valence-corrected chi connectivity index (χ3v) is 2.91. The van der Waals surface area contributed by atoms with Crippen LogP contribution in [0.3, 0.4) is 0 Å². The van der Waals surface area contributed by atoms with E-state index in [2.05, 4.69) is 10.5 Å². The summed E-state index contributed by atoms with van der Waals surface area (Å²) >= 11 is 1.08. The molecule has 9 heavy (non-hydrogen) atoms. The number of primary sulfonamides is 1. The van der Waals surface area contributed by atoms with Crippen LogP contribution < -0.4 is 10.6 Å². The van der Waals surface area contributed by atoms with Crippen molar-refractivity contribution < 1.29 is 8.42 Å². The van der Waals surface area contributed by atoms with Gasteiger partial charge in [0.15, 0.2) is 0 Å². The van der Waals surface area contributed by atoms with Gasteiger partial charge in [-0.25, -0.2) is 13.6 Å². The van der Waals surface area contributed by atoms with Crippen LogP contribution in [0, 0.1) is 0 Å². The summed E-state index contributed by atoms with van der Waals surface area (Å²) < 4.78 is 20.8. The summed E-state index contributed by atoms with van der Waals surface area (Å²) in [6.07, 6.45) is 0. The van der Waals surface area contributed by atoms with Crippen molar-refractivity contribution in [1.82, 2.24) is 5.43 Å². The lowest BCUT2D eigenvalue weighted by Crippen LogP contribution is -2.19. The second kappa shape index (κ2) is 2.16. The second-order valence-corrected chi connectivity index (χ2v) is 4.07. The molecular formula is C2H5N3O2S2. The van der Waals surface area contributed by atoms with Gasteiger partial charge in [-0.1, -0.05) is 11.8 Å². The Hall–Kier alpha value is -0.270. The highest BCUT2D eigenvalue weighted by molar-refractivity contribution is 8.34. The highest BCUT2D eigenvalue weighted by atomic mass is 32.3. The van der Waals surface area contributed by atoms with Gasteiger partial charge in [0.05, 0.1) is 5.88 Å². The number of sulfonamides is 1. The minimum atomic E-state index is -3.55. The number of thioether (sulfide) groups is 1. The summed E-state index contributed by atoms with van der Waals surface area (Å²) in [5.74, 6) is 0.478. The van der Waals surface area contributed by atoms with E-state index in [1.807, 2.05) is 0 Å². The summed E-state index contributed by atoms with van der Waals surface area (Å²) in [6.45, 7) is 0. The summed E-state index contributed by atoms with van der Waals surface area (Å²) in [5, 5.41) is 8.14. The van der Waals surface area contributed by atoms with Crippen molar-refractivity contribution in [2.24, 2.45) is 10.2 Å². The third-order valence-electron chi connectivity index (χ3n) is 0.674. The Morgan fingerprint density at radius 1 is 1.78 bits per heavy atom. The molecule has 0 fully saturated rings. The summed E-state index contributed by atoms with van der Waals surface area (Å²) in [7, 11) is -3.55. The Bertz CT molecular complexity index is 230. The molecule has 0 aromatic heterocycles. The van der Waals surface area contributed by atoms with Gasteiger partial charge in [0.1, 0.15) is 0 Å². The van der Waals surface area contributed by atoms with Crippen molar-refractivity contribution >= 4 is 26.2 Å². The molecule has 0 unspecified atom stereocenters. The molecule has 0 aromatic carbocycles. The number of hydrogen-bond donors (Lipinski definition) is 2. The van der Waals surface area contributed by atoms with Crippen molar-refractivity contribution in [3.63, 3.8) is 0 Å². The van der Waals surface area contributed by atoms with Gasteiger partial charge in [-0.3, -0.25) is 5.43 Å². The van der Waals surface area contributed by atoms with Gasteiger partial charge in [0.25, 0.3) is 10.0 Å². The predicted molar refractivity (Wildman–Crippen MR) is 36.1 cm³/mol.